The molecule has 134 valence electrons. The number of thiocarbonyl (C=S) groups is 1. The van der Waals surface area contributed by atoms with Crippen LogP contribution in [0.3, 0.4) is 0 Å². The van der Waals surface area contributed by atoms with Crippen molar-refractivity contribution in [2.75, 3.05) is 5.32 Å². The summed E-state index contributed by atoms with van der Waals surface area (Å²) in [5.41, 5.74) is 8.90. The Bertz CT molecular complexity index is 869. The molecule has 2 aromatic carbocycles. The summed E-state index contributed by atoms with van der Waals surface area (Å²) >= 11 is 5.22. The average molecular weight is 366 g/mol. The van der Waals surface area contributed by atoms with E-state index in [1.165, 1.54) is 18.4 Å². The van der Waals surface area contributed by atoms with Crippen LogP contribution in [0.2, 0.25) is 0 Å². The molecule has 0 unspecified atom stereocenters. The van der Waals surface area contributed by atoms with Gasteiger partial charge in [-0.25, -0.2) is 0 Å². The summed E-state index contributed by atoms with van der Waals surface area (Å²) in [7, 11) is 0. The molecule has 1 aromatic heterocycles. The highest BCUT2D eigenvalue weighted by Crippen LogP contribution is 2.14. The van der Waals surface area contributed by atoms with E-state index < -0.39 is 0 Å². The van der Waals surface area contributed by atoms with Gasteiger partial charge in [-0.05, 0) is 54.9 Å². The van der Waals surface area contributed by atoms with E-state index in [2.05, 4.69) is 40.2 Å². The van der Waals surface area contributed by atoms with E-state index in [-0.39, 0.29) is 5.91 Å². The summed E-state index contributed by atoms with van der Waals surface area (Å²) in [6, 6.07) is 17.7. The fourth-order valence-corrected chi connectivity index (χ4v) is 2.84. The Morgan fingerprint density at radius 3 is 2.58 bits per heavy atom. The van der Waals surface area contributed by atoms with Gasteiger partial charge in [-0.15, -0.1) is 0 Å². The van der Waals surface area contributed by atoms with Crippen molar-refractivity contribution in [3.8, 4) is 0 Å². The minimum Gasteiger partial charge on any atom is -0.350 e. The molecule has 4 N–H and O–H groups in total. The number of fused-ring (bicyclic) bond motifs is 1. The van der Waals surface area contributed by atoms with E-state index in [4.69, 9.17) is 12.2 Å². The van der Waals surface area contributed by atoms with Gasteiger partial charge in [0.1, 0.15) is 5.69 Å². The van der Waals surface area contributed by atoms with Crippen molar-refractivity contribution in [2.45, 2.75) is 26.2 Å². The minimum atomic E-state index is -0.278. The number of hydrogen-bond donors (Lipinski definition) is 4. The number of aromatic nitrogens is 1. The monoisotopic (exact) mass is 366 g/mol. The van der Waals surface area contributed by atoms with E-state index in [9.17, 15) is 4.79 Å². The smallest absolute Gasteiger partial charge is 0.286 e. The summed E-state index contributed by atoms with van der Waals surface area (Å²) in [5, 5.41) is 4.37. The maximum atomic E-state index is 12.2. The molecule has 3 aromatic rings. The molecule has 1 heterocycles. The number of anilines is 1. The molecule has 0 fully saturated rings. The first kappa shape index (κ1) is 17.9. The average Bonchev–Trinajstić information content (AvgIpc) is 3.10. The number of para-hydroxylation sites is 1. The summed E-state index contributed by atoms with van der Waals surface area (Å²) in [5.74, 6) is -0.278. The highest BCUT2D eigenvalue weighted by Gasteiger charge is 2.09. The standard InChI is InChI=1S/C20H22N4OS/c1-2-3-6-14-9-11-16(12-10-14)21-20(26)24-23-19(25)18-13-15-7-4-5-8-17(15)22-18/h4-5,7-13,22H,2-3,6H2,1H3,(H,23,25)(H2,21,24,26). The van der Waals surface area contributed by atoms with Crippen LogP contribution in [0.4, 0.5) is 5.69 Å². The molecule has 0 saturated carbocycles. The van der Waals surface area contributed by atoms with Crippen molar-refractivity contribution < 1.29 is 4.79 Å². The molecule has 0 radical (unpaired) electrons. The van der Waals surface area contributed by atoms with Gasteiger partial charge in [0.05, 0.1) is 0 Å². The maximum absolute atomic E-state index is 12.2. The largest absolute Gasteiger partial charge is 0.350 e. The van der Waals surface area contributed by atoms with Crippen LogP contribution in [0.25, 0.3) is 10.9 Å². The number of aromatic amines is 1. The molecule has 5 nitrogen and oxygen atoms in total. The number of hydrazine groups is 1. The number of unbranched alkanes of at least 4 members (excludes halogenated alkanes) is 1. The van der Waals surface area contributed by atoms with Gasteiger partial charge in [0.25, 0.3) is 5.91 Å². The third-order valence-electron chi connectivity index (χ3n) is 4.09. The normalized spacial score (nSPS) is 10.5. The molecule has 0 aliphatic carbocycles. The summed E-state index contributed by atoms with van der Waals surface area (Å²) in [4.78, 5) is 15.3. The van der Waals surface area contributed by atoms with Gasteiger partial charge in [-0.3, -0.25) is 15.6 Å². The Kier molecular flexibility index (Phi) is 5.86. The Labute approximate surface area is 158 Å². The third-order valence-corrected chi connectivity index (χ3v) is 4.30. The predicted octanol–water partition coefficient (Wildman–Crippen LogP) is 4.14. The number of rotatable bonds is 5. The molecular formula is C20H22N4OS. The van der Waals surface area contributed by atoms with Crippen molar-refractivity contribution in [1.82, 2.24) is 15.8 Å². The molecular weight excluding hydrogens is 344 g/mol. The van der Waals surface area contributed by atoms with E-state index in [1.54, 1.807) is 6.07 Å². The molecule has 0 aliphatic heterocycles. The van der Waals surface area contributed by atoms with Gasteiger partial charge < -0.3 is 10.3 Å². The second kappa shape index (κ2) is 8.49. The number of hydrogen-bond acceptors (Lipinski definition) is 2. The lowest BCUT2D eigenvalue weighted by atomic mass is 10.1. The van der Waals surface area contributed by atoms with Gasteiger partial charge in [-0.1, -0.05) is 43.7 Å². The lowest BCUT2D eigenvalue weighted by Gasteiger charge is -2.11. The quantitative estimate of drug-likeness (QED) is 0.405. The van der Waals surface area contributed by atoms with E-state index in [1.807, 2.05) is 36.4 Å². The van der Waals surface area contributed by atoms with Crippen molar-refractivity contribution in [3.63, 3.8) is 0 Å². The number of aryl methyl sites for hydroxylation is 1. The molecule has 0 bridgehead atoms. The Morgan fingerprint density at radius 1 is 1.08 bits per heavy atom. The molecule has 26 heavy (non-hydrogen) atoms. The zero-order valence-corrected chi connectivity index (χ0v) is 15.5. The van der Waals surface area contributed by atoms with Crippen LogP contribution < -0.4 is 16.2 Å². The highest BCUT2D eigenvalue weighted by atomic mass is 32.1. The number of amides is 1. The van der Waals surface area contributed by atoms with Crippen LogP contribution >= 0.6 is 12.2 Å². The topological polar surface area (TPSA) is 68.9 Å². The Balaban J connectivity index is 1.51. The van der Waals surface area contributed by atoms with Crippen LogP contribution in [0.15, 0.2) is 54.6 Å². The van der Waals surface area contributed by atoms with Gasteiger partial charge in [-0.2, -0.15) is 0 Å². The van der Waals surface area contributed by atoms with Crippen molar-refractivity contribution in [2.24, 2.45) is 0 Å². The van der Waals surface area contributed by atoms with E-state index >= 15 is 0 Å². The van der Waals surface area contributed by atoms with Gasteiger partial charge >= 0.3 is 0 Å². The van der Waals surface area contributed by atoms with Crippen molar-refractivity contribution in [3.05, 3.63) is 65.9 Å². The fraction of sp³-hybridized carbons (Fsp3) is 0.200. The second-order valence-corrected chi connectivity index (χ2v) is 6.51. The zero-order chi connectivity index (χ0) is 18.4. The van der Waals surface area contributed by atoms with Crippen LogP contribution in [0.5, 0.6) is 0 Å². The first-order valence-corrected chi connectivity index (χ1v) is 9.10. The van der Waals surface area contributed by atoms with Crippen molar-refractivity contribution in [1.29, 1.82) is 0 Å². The minimum absolute atomic E-state index is 0.278. The van der Waals surface area contributed by atoms with Gasteiger partial charge in [0.15, 0.2) is 5.11 Å². The summed E-state index contributed by atoms with van der Waals surface area (Å²) < 4.78 is 0. The van der Waals surface area contributed by atoms with Gasteiger partial charge in [0.2, 0.25) is 0 Å². The molecule has 0 atom stereocenters. The van der Waals surface area contributed by atoms with Crippen molar-refractivity contribution >= 4 is 39.8 Å². The second-order valence-electron chi connectivity index (χ2n) is 6.10. The molecule has 0 spiro atoms. The Morgan fingerprint density at radius 2 is 1.85 bits per heavy atom. The number of benzene rings is 2. The molecule has 0 saturated heterocycles. The molecule has 0 aliphatic rings. The predicted molar refractivity (Wildman–Crippen MR) is 110 cm³/mol. The fourth-order valence-electron chi connectivity index (χ4n) is 2.67. The number of carbonyl (C=O) groups excluding carboxylic acids is 1. The molecule has 6 heteroatoms. The first-order valence-electron chi connectivity index (χ1n) is 8.69. The van der Waals surface area contributed by atoms with Crippen LogP contribution in [0, 0.1) is 0 Å². The highest BCUT2D eigenvalue weighted by molar-refractivity contribution is 7.80. The zero-order valence-electron chi connectivity index (χ0n) is 14.6. The lowest BCUT2D eigenvalue weighted by molar-refractivity contribution is 0.0940. The maximum Gasteiger partial charge on any atom is 0.286 e. The number of nitrogens with one attached hydrogen (secondary N) is 4. The summed E-state index contributed by atoms with van der Waals surface area (Å²) in [6.07, 6.45) is 3.46. The molecule has 3 rings (SSSR count). The molecule has 1 amide bonds. The van der Waals surface area contributed by atoms with E-state index in [0.717, 1.165) is 23.0 Å². The third kappa shape index (κ3) is 4.61. The SMILES string of the molecule is CCCCc1ccc(NC(=S)NNC(=O)c2cc3ccccc3[nH]2)cc1. The number of carbonyl (C=O) groups is 1. The summed E-state index contributed by atoms with van der Waals surface area (Å²) in [6.45, 7) is 2.18. The first-order chi connectivity index (χ1) is 12.7. The van der Waals surface area contributed by atoms with Crippen LogP contribution in [-0.4, -0.2) is 16.0 Å². The van der Waals surface area contributed by atoms with Crippen LogP contribution in [-0.2, 0) is 6.42 Å². The Hall–Kier alpha value is -2.86. The van der Waals surface area contributed by atoms with E-state index in [0.29, 0.717) is 10.8 Å². The van der Waals surface area contributed by atoms with Gasteiger partial charge in [0, 0.05) is 16.6 Å². The number of H-pyrrole nitrogens is 1. The van der Waals surface area contributed by atoms with Crippen LogP contribution in [0.1, 0.15) is 35.8 Å². The lowest BCUT2D eigenvalue weighted by Crippen LogP contribution is -2.43.